The zero-order valence-corrected chi connectivity index (χ0v) is 19.4. The van der Waals surface area contributed by atoms with Crippen LogP contribution in [0.25, 0.3) is 0 Å². The lowest BCUT2D eigenvalue weighted by Gasteiger charge is -2.16. The second kappa shape index (κ2) is 19.0. The summed E-state index contributed by atoms with van der Waals surface area (Å²) >= 11 is 0. The molecule has 0 aromatic heterocycles. The zero-order chi connectivity index (χ0) is 20.3. The molecule has 0 spiro atoms. The van der Waals surface area contributed by atoms with Gasteiger partial charge in [-0.25, -0.2) is 0 Å². The first-order chi connectivity index (χ1) is 13.0. The Morgan fingerprint density at radius 1 is 0.556 bits per heavy atom. The Kier molecular flexibility index (Phi) is 18.8. The molecule has 0 fully saturated rings. The monoisotopic (exact) mass is 380 g/mol. The molecule has 4 unspecified atom stereocenters. The predicted molar refractivity (Wildman–Crippen MR) is 123 cm³/mol. The van der Waals surface area contributed by atoms with Crippen molar-refractivity contribution in [1.29, 1.82) is 0 Å². The van der Waals surface area contributed by atoms with Gasteiger partial charge in [0.15, 0.2) is 0 Å². The maximum absolute atomic E-state index is 8.90. The van der Waals surface area contributed by atoms with Crippen molar-refractivity contribution in [2.24, 2.45) is 23.7 Å². The molecule has 0 aromatic carbocycles. The van der Waals surface area contributed by atoms with Crippen molar-refractivity contribution in [3.8, 4) is 0 Å². The Hall–Kier alpha value is -0.300. The lowest BCUT2D eigenvalue weighted by atomic mass is 9.90. The summed E-state index contributed by atoms with van der Waals surface area (Å²) in [5.41, 5.74) is 0. The fraction of sp³-hybridized carbons (Fsp3) is 0.923. The summed E-state index contributed by atoms with van der Waals surface area (Å²) in [6.45, 7) is 13.8. The van der Waals surface area contributed by atoms with Gasteiger partial charge in [-0.15, -0.1) is 6.58 Å². The third kappa shape index (κ3) is 18.8. The molecule has 162 valence electrons. The van der Waals surface area contributed by atoms with Crippen molar-refractivity contribution >= 4 is 0 Å². The summed E-state index contributed by atoms with van der Waals surface area (Å²) in [6, 6.07) is 0. The van der Waals surface area contributed by atoms with E-state index >= 15 is 0 Å². The summed E-state index contributed by atoms with van der Waals surface area (Å²) in [5, 5.41) is 8.90. The number of unbranched alkanes of at least 4 members (excludes halogenated alkanes) is 2. The van der Waals surface area contributed by atoms with Gasteiger partial charge in [0, 0.05) is 6.61 Å². The maximum atomic E-state index is 8.90. The molecule has 1 heteroatoms. The molecule has 0 saturated carbocycles. The minimum Gasteiger partial charge on any atom is -0.396 e. The fourth-order valence-corrected chi connectivity index (χ4v) is 4.24. The Bertz CT molecular complexity index is 311. The maximum Gasteiger partial charge on any atom is 0.0431 e. The van der Waals surface area contributed by atoms with Crippen molar-refractivity contribution in [3.63, 3.8) is 0 Å². The molecule has 1 N–H and O–H groups in total. The van der Waals surface area contributed by atoms with Crippen LogP contribution in [0, 0.1) is 23.7 Å². The molecule has 0 amide bonds. The Balaban J connectivity index is 3.50. The van der Waals surface area contributed by atoms with Crippen LogP contribution in [-0.2, 0) is 0 Å². The lowest BCUT2D eigenvalue weighted by Crippen LogP contribution is -2.01. The van der Waals surface area contributed by atoms with E-state index in [1.807, 2.05) is 0 Å². The number of hydrogen-bond acceptors (Lipinski definition) is 1. The summed E-state index contributed by atoms with van der Waals surface area (Å²) in [4.78, 5) is 0. The lowest BCUT2D eigenvalue weighted by molar-refractivity contribution is 0.269. The Labute approximate surface area is 172 Å². The van der Waals surface area contributed by atoms with Crippen molar-refractivity contribution in [2.45, 2.75) is 124 Å². The van der Waals surface area contributed by atoms with Crippen LogP contribution in [0.3, 0.4) is 0 Å². The highest BCUT2D eigenvalue weighted by molar-refractivity contribution is 4.67. The van der Waals surface area contributed by atoms with Gasteiger partial charge in [0.2, 0.25) is 0 Å². The standard InChI is InChI=1S/C26H52O/c1-6-7-8-14-23(2)17-11-18-24(3)15-9-10-16-25(4)19-12-20-26(5)21-13-22-27/h6,23-27H,1,7-22H2,2-5H3. The first-order valence-corrected chi connectivity index (χ1v) is 12.2. The van der Waals surface area contributed by atoms with Gasteiger partial charge in [0.05, 0.1) is 0 Å². The van der Waals surface area contributed by atoms with Gasteiger partial charge in [-0.3, -0.25) is 0 Å². The zero-order valence-electron chi connectivity index (χ0n) is 19.4. The summed E-state index contributed by atoms with van der Waals surface area (Å²) in [7, 11) is 0. The second-order valence-electron chi connectivity index (χ2n) is 9.65. The smallest absolute Gasteiger partial charge is 0.0431 e. The fourth-order valence-electron chi connectivity index (χ4n) is 4.24. The van der Waals surface area contributed by atoms with Crippen LogP contribution in [0.2, 0.25) is 0 Å². The molecular weight excluding hydrogens is 328 g/mol. The minimum absolute atomic E-state index is 0.355. The van der Waals surface area contributed by atoms with Gasteiger partial charge in [-0.1, -0.05) is 104 Å². The summed E-state index contributed by atoms with van der Waals surface area (Å²) in [6.07, 6.45) is 22.1. The molecular formula is C26H52O. The number of allylic oxidation sites excluding steroid dienone is 1. The predicted octanol–water partition coefficient (Wildman–Crippen LogP) is 8.56. The second-order valence-corrected chi connectivity index (χ2v) is 9.65. The van der Waals surface area contributed by atoms with Crippen LogP contribution in [0.15, 0.2) is 12.7 Å². The third-order valence-electron chi connectivity index (χ3n) is 6.39. The highest BCUT2D eigenvalue weighted by atomic mass is 16.2. The number of aliphatic hydroxyl groups is 1. The van der Waals surface area contributed by atoms with E-state index in [4.69, 9.17) is 5.11 Å². The van der Waals surface area contributed by atoms with Gasteiger partial charge in [0.25, 0.3) is 0 Å². The average Bonchev–Trinajstić information content (AvgIpc) is 2.63. The van der Waals surface area contributed by atoms with Crippen LogP contribution >= 0.6 is 0 Å². The molecule has 0 aliphatic heterocycles. The number of rotatable bonds is 20. The highest BCUT2D eigenvalue weighted by Gasteiger charge is 2.08. The molecule has 0 rings (SSSR count). The SMILES string of the molecule is C=CCCCC(C)CCCC(C)CCCCC(C)CCCC(C)CCCO. The van der Waals surface area contributed by atoms with E-state index in [1.54, 1.807) is 0 Å². The third-order valence-corrected chi connectivity index (χ3v) is 6.39. The molecule has 0 aliphatic rings. The topological polar surface area (TPSA) is 20.2 Å². The number of hydrogen-bond donors (Lipinski definition) is 1. The average molecular weight is 381 g/mol. The van der Waals surface area contributed by atoms with Crippen molar-refractivity contribution < 1.29 is 5.11 Å². The van der Waals surface area contributed by atoms with Crippen molar-refractivity contribution in [2.75, 3.05) is 6.61 Å². The van der Waals surface area contributed by atoms with Gasteiger partial charge < -0.3 is 5.11 Å². The summed E-state index contributed by atoms with van der Waals surface area (Å²) < 4.78 is 0. The van der Waals surface area contributed by atoms with Gasteiger partial charge in [0.1, 0.15) is 0 Å². The van der Waals surface area contributed by atoms with Crippen LogP contribution in [-0.4, -0.2) is 11.7 Å². The van der Waals surface area contributed by atoms with Crippen LogP contribution < -0.4 is 0 Å². The van der Waals surface area contributed by atoms with Crippen molar-refractivity contribution in [1.82, 2.24) is 0 Å². The first kappa shape index (κ1) is 26.7. The van der Waals surface area contributed by atoms with E-state index in [-0.39, 0.29) is 0 Å². The van der Waals surface area contributed by atoms with Gasteiger partial charge >= 0.3 is 0 Å². The largest absolute Gasteiger partial charge is 0.396 e. The molecule has 0 aromatic rings. The molecule has 0 heterocycles. The molecule has 27 heavy (non-hydrogen) atoms. The van der Waals surface area contributed by atoms with Gasteiger partial charge in [-0.05, 0) is 49.4 Å². The normalized spacial score (nSPS) is 16.0. The molecule has 1 nitrogen and oxygen atoms in total. The molecule has 0 radical (unpaired) electrons. The van der Waals surface area contributed by atoms with E-state index < -0.39 is 0 Å². The molecule has 4 atom stereocenters. The van der Waals surface area contributed by atoms with Gasteiger partial charge in [-0.2, -0.15) is 0 Å². The molecule has 0 saturated heterocycles. The van der Waals surface area contributed by atoms with Crippen LogP contribution in [0.1, 0.15) is 124 Å². The van der Waals surface area contributed by atoms with Crippen LogP contribution in [0.4, 0.5) is 0 Å². The Morgan fingerprint density at radius 2 is 0.889 bits per heavy atom. The van der Waals surface area contributed by atoms with Crippen molar-refractivity contribution in [3.05, 3.63) is 12.7 Å². The molecule has 0 bridgehead atoms. The van der Waals surface area contributed by atoms with Crippen LogP contribution in [0.5, 0.6) is 0 Å². The number of aliphatic hydroxyl groups excluding tert-OH is 1. The van der Waals surface area contributed by atoms with E-state index in [2.05, 4.69) is 40.3 Å². The quantitative estimate of drug-likeness (QED) is 0.166. The summed E-state index contributed by atoms with van der Waals surface area (Å²) in [5.74, 6) is 3.48. The molecule has 0 aliphatic carbocycles. The Morgan fingerprint density at radius 3 is 1.26 bits per heavy atom. The minimum atomic E-state index is 0.355. The van der Waals surface area contributed by atoms with E-state index in [1.165, 1.54) is 89.9 Å². The highest BCUT2D eigenvalue weighted by Crippen LogP contribution is 2.23. The van der Waals surface area contributed by atoms with E-state index in [0.717, 1.165) is 30.1 Å². The van der Waals surface area contributed by atoms with E-state index in [9.17, 15) is 0 Å². The van der Waals surface area contributed by atoms with E-state index in [0.29, 0.717) is 6.61 Å². The first-order valence-electron chi connectivity index (χ1n) is 12.2.